The smallest absolute Gasteiger partial charge is 0.327 e. The minimum absolute atomic E-state index is 0.294. The van der Waals surface area contributed by atoms with E-state index < -0.39 is 11.5 Å². The molecular weight excluding hydrogens is 166 g/mol. The van der Waals surface area contributed by atoms with Crippen LogP contribution in [0.25, 0.3) is 0 Å². The Morgan fingerprint density at radius 3 is 2.77 bits per heavy atom. The van der Waals surface area contributed by atoms with E-state index in [1.807, 2.05) is 0 Å². The second-order valence-electron chi connectivity index (χ2n) is 2.74. The average molecular weight is 181 g/mol. The van der Waals surface area contributed by atoms with E-state index in [1.165, 1.54) is 7.11 Å². The molecule has 0 aromatic heterocycles. The summed E-state index contributed by atoms with van der Waals surface area (Å²) in [4.78, 5) is 11.3. The van der Waals surface area contributed by atoms with Crippen LogP contribution in [-0.4, -0.2) is 18.6 Å². The standard InChI is InChI=1S/C10H15NO2/c1-4-6-8-10(11,7-5-2)9(12)13-3/h5H,2,7-8,11H2,1,3H3. The Kier molecular flexibility index (Phi) is 4.86. The van der Waals surface area contributed by atoms with Crippen molar-refractivity contribution in [3.05, 3.63) is 12.7 Å². The van der Waals surface area contributed by atoms with Gasteiger partial charge in [-0.15, -0.1) is 18.4 Å². The summed E-state index contributed by atoms with van der Waals surface area (Å²) in [6, 6.07) is 0. The molecule has 2 N–H and O–H groups in total. The van der Waals surface area contributed by atoms with Gasteiger partial charge in [0.2, 0.25) is 0 Å². The van der Waals surface area contributed by atoms with Crippen LogP contribution in [0, 0.1) is 11.8 Å². The molecule has 1 atom stereocenters. The van der Waals surface area contributed by atoms with Crippen molar-refractivity contribution in [3.8, 4) is 11.8 Å². The van der Waals surface area contributed by atoms with Gasteiger partial charge in [-0.2, -0.15) is 0 Å². The third-order valence-electron chi connectivity index (χ3n) is 1.68. The first kappa shape index (κ1) is 11.7. The van der Waals surface area contributed by atoms with Gasteiger partial charge in [-0.3, -0.25) is 4.79 Å². The molecule has 13 heavy (non-hydrogen) atoms. The van der Waals surface area contributed by atoms with Crippen LogP contribution in [0.3, 0.4) is 0 Å². The van der Waals surface area contributed by atoms with E-state index in [0.29, 0.717) is 12.8 Å². The molecule has 1 unspecified atom stereocenters. The van der Waals surface area contributed by atoms with Crippen LogP contribution in [-0.2, 0) is 9.53 Å². The largest absolute Gasteiger partial charge is 0.468 e. The molecule has 0 aromatic carbocycles. The van der Waals surface area contributed by atoms with E-state index in [-0.39, 0.29) is 0 Å². The summed E-state index contributed by atoms with van der Waals surface area (Å²) in [6.07, 6.45) is 2.25. The van der Waals surface area contributed by atoms with Crippen LogP contribution >= 0.6 is 0 Å². The van der Waals surface area contributed by atoms with E-state index in [2.05, 4.69) is 23.2 Å². The fourth-order valence-corrected chi connectivity index (χ4v) is 0.935. The van der Waals surface area contributed by atoms with Crippen molar-refractivity contribution < 1.29 is 9.53 Å². The van der Waals surface area contributed by atoms with Crippen LogP contribution in [0.2, 0.25) is 0 Å². The minimum Gasteiger partial charge on any atom is -0.468 e. The molecule has 3 nitrogen and oxygen atoms in total. The average Bonchev–Trinajstić information content (AvgIpc) is 2.14. The van der Waals surface area contributed by atoms with Crippen molar-refractivity contribution in [2.45, 2.75) is 25.3 Å². The van der Waals surface area contributed by atoms with Gasteiger partial charge in [0.25, 0.3) is 0 Å². The highest BCUT2D eigenvalue weighted by Crippen LogP contribution is 2.13. The molecule has 0 bridgehead atoms. The lowest BCUT2D eigenvalue weighted by Gasteiger charge is -2.22. The monoisotopic (exact) mass is 181 g/mol. The molecule has 0 aromatic rings. The molecule has 0 aliphatic heterocycles. The third kappa shape index (κ3) is 3.30. The van der Waals surface area contributed by atoms with E-state index in [0.717, 1.165) is 0 Å². The second-order valence-corrected chi connectivity index (χ2v) is 2.74. The van der Waals surface area contributed by atoms with E-state index in [4.69, 9.17) is 5.73 Å². The number of methoxy groups -OCH3 is 1. The summed E-state index contributed by atoms with van der Waals surface area (Å²) in [7, 11) is 1.31. The number of nitrogens with two attached hydrogens (primary N) is 1. The molecule has 0 fully saturated rings. The minimum atomic E-state index is -1.04. The summed E-state index contributed by atoms with van der Waals surface area (Å²) in [5.41, 5.74) is 4.76. The Labute approximate surface area is 78.9 Å². The van der Waals surface area contributed by atoms with Gasteiger partial charge in [-0.05, 0) is 13.3 Å². The number of carbonyl (C=O) groups excluding carboxylic acids is 1. The van der Waals surface area contributed by atoms with Gasteiger partial charge in [0.05, 0.1) is 7.11 Å². The molecule has 0 spiro atoms. The first-order valence-electron chi connectivity index (χ1n) is 3.98. The van der Waals surface area contributed by atoms with E-state index in [1.54, 1.807) is 13.0 Å². The van der Waals surface area contributed by atoms with Crippen molar-refractivity contribution in [1.82, 2.24) is 0 Å². The molecule has 72 valence electrons. The fourth-order valence-electron chi connectivity index (χ4n) is 0.935. The van der Waals surface area contributed by atoms with Crippen molar-refractivity contribution in [3.63, 3.8) is 0 Å². The fraction of sp³-hybridized carbons (Fsp3) is 0.500. The van der Waals surface area contributed by atoms with Crippen molar-refractivity contribution in [1.29, 1.82) is 0 Å². The molecule has 0 aliphatic carbocycles. The van der Waals surface area contributed by atoms with Gasteiger partial charge in [0.1, 0.15) is 5.54 Å². The summed E-state index contributed by atoms with van der Waals surface area (Å²) in [5.74, 6) is 5.01. The van der Waals surface area contributed by atoms with Crippen LogP contribution in [0.15, 0.2) is 12.7 Å². The van der Waals surface area contributed by atoms with Crippen molar-refractivity contribution >= 4 is 5.97 Å². The van der Waals surface area contributed by atoms with Gasteiger partial charge in [-0.25, -0.2) is 0 Å². The Balaban J connectivity index is 4.56. The van der Waals surface area contributed by atoms with Crippen LogP contribution in [0.5, 0.6) is 0 Å². The normalized spacial score (nSPS) is 13.5. The van der Waals surface area contributed by atoms with Crippen LogP contribution in [0.1, 0.15) is 19.8 Å². The zero-order valence-corrected chi connectivity index (χ0v) is 8.09. The quantitative estimate of drug-likeness (QED) is 0.397. The van der Waals surface area contributed by atoms with Crippen LogP contribution < -0.4 is 5.73 Å². The Bertz CT molecular complexity index is 249. The SMILES string of the molecule is C=CCC(N)(CC#CC)C(=O)OC. The zero-order chi connectivity index (χ0) is 10.3. The van der Waals surface area contributed by atoms with Crippen molar-refractivity contribution in [2.24, 2.45) is 5.73 Å². The maximum absolute atomic E-state index is 11.3. The van der Waals surface area contributed by atoms with Gasteiger partial charge >= 0.3 is 5.97 Å². The highest BCUT2D eigenvalue weighted by atomic mass is 16.5. The Morgan fingerprint density at radius 2 is 2.38 bits per heavy atom. The maximum Gasteiger partial charge on any atom is 0.327 e. The first-order chi connectivity index (χ1) is 6.10. The van der Waals surface area contributed by atoms with Crippen molar-refractivity contribution in [2.75, 3.05) is 7.11 Å². The van der Waals surface area contributed by atoms with E-state index in [9.17, 15) is 4.79 Å². The molecule has 0 rings (SSSR count). The summed E-state index contributed by atoms with van der Waals surface area (Å²) in [5, 5.41) is 0. The highest BCUT2D eigenvalue weighted by Gasteiger charge is 2.32. The first-order valence-corrected chi connectivity index (χ1v) is 3.98. The number of carbonyl (C=O) groups is 1. The molecule has 0 saturated carbocycles. The summed E-state index contributed by atoms with van der Waals surface area (Å²) < 4.78 is 4.59. The molecule has 0 saturated heterocycles. The summed E-state index contributed by atoms with van der Waals surface area (Å²) in [6.45, 7) is 5.23. The highest BCUT2D eigenvalue weighted by molar-refractivity contribution is 5.81. The number of hydrogen-bond acceptors (Lipinski definition) is 3. The number of rotatable bonds is 4. The van der Waals surface area contributed by atoms with E-state index >= 15 is 0 Å². The number of esters is 1. The van der Waals surface area contributed by atoms with Gasteiger partial charge < -0.3 is 10.5 Å². The Hall–Kier alpha value is -1.27. The van der Waals surface area contributed by atoms with Gasteiger partial charge in [0.15, 0.2) is 0 Å². The maximum atomic E-state index is 11.3. The predicted molar refractivity (Wildman–Crippen MR) is 51.8 cm³/mol. The summed E-state index contributed by atoms with van der Waals surface area (Å²) >= 11 is 0. The zero-order valence-electron chi connectivity index (χ0n) is 8.09. The molecule has 0 aliphatic rings. The predicted octanol–water partition coefficient (Wildman–Crippen LogP) is 0.846. The van der Waals surface area contributed by atoms with Gasteiger partial charge in [0, 0.05) is 6.42 Å². The number of hydrogen-bond donors (Lipinski definition) is 1. The molecule has 0 radical (unpaired) electrons. The third-order valence-corrected chi connectivity index (χ3v) is 1.68. The second kappa shape index (κ2) is 5.39. The molecule has 3 heteroatoms. The molecule has 0 amide bonds. The lowest BCUT2D eigenvalue weighted by atomic mass is 9.93. The van der Waals surface area contributed by atoms with Gasteiger partial charge in [-0.1, -0.05) is 6.08 Å². The lowest BCUT2D eigenvalue weighted by Crippen LogP contribution is -2.48. The topological polar surface area (TPSA) is 52.3 Å². The molecule has 0 heterocycles. The molecular formula is C10H15NO2. The lowest BCUT2D eigenvalue weighted by molar-refractivity contribution is -0.146. The van der Waals surface area contributed by atoms with Crippen LogP contribution in [0.4, 0.5) is 0 Å². The number of ether oxygens (including phenoxy) is 1. The Morgan fingerprint density at radius 1 is 1.77 bits per heavy atom.